The summed E-state index contributed by atoms with van der Waals surface area (Å²) in [7, 11) is 0. The molecule has 0 saturated carbocycles. The Labute approximate surface area is 109 Å². The lowest BCUT2D eigenvalue weighted by Gasteiger charge is -2.29. The van der Waals surface area contributed by atoms with Crippen molar-refractivity contribution in [2.24, 2.45) is 0 Å². The summed E-state index contributed by atoms with van der Waals surface area (Å²) in [5, 5.41) is 3.38. The average Bonchev–Trinajstić information content (AvgIpc) is 2.40. The molecule has 1 fully saturated rings. The van der Waals surface area contributed by atoms with Crippen LogP contribution in [0.15, 0.2) is 24.3 Å². The molecular weight excluding hydrogens is 226 g/mol. The topological polar surface area (TPSA) is 30.5 Å². The van der Waals surface area contributed by atoms with E-state index in [1.807, 2.05) is 12.1 Å². The molecule has 1 aromatic rings. The van der Waals surface area contributed by atoms with Crippen LogP contribution in [0.3, 0.4) is 0 Å². The standard InChI is InChI=1S/C15H23NO2/c1-3-4-9-17-14-7-5-13(6-8-14)15-11-16-10-12(2)18-15/h5-8,12,15-16H,3-4,9-11H2,1-2H3. The molecule has 1 heterocycles. The molecule has 0 amide bonds. The van der Waals surface area contributed by atoms with Crippen LogP contribution in [0.4, 0.5) is 0 Å². The van der Waals surface area contributed by atoms with Crippen LogP contribution in [0.5, 0.6) is 5.75 Å². The molecule has 1 aromatic carbocycles. The predicted molar refractivity (Wildman–Crippen MR) is 73.0 cm³/mol. The Bertz CT molecular complexity index is 350. The van der Waals surface area contributed by atoms with Gasteiger partial charge in [-0.3, -0.25) is 0 Å². The molecule has 0 spiro atoms. The minimum absolute atomic E-state index is 0.165. The average molecular weight is 249 g/mol. The Balaban J connectivity index is 1.90. The molecule has 0 bridgehead atoms. The van der Waals surface area contributed by atoms with Crippen LogP contribution in [-0.2, 0) is 4.74 Å². The second-order valence-corrected chi connectivity index (χ2v) is 4.86. The van der Waals surface area contributed by atoms with Crippen LogP contribution < -0.4 is 10.1 Å². The summed E-state index contributed by atoms with van der Waals surface area (Å²) >= 11 is 0. The minimum Gasteiger partial charge on any atom is -0.494 e. The van der Waals surface area contributed by atoms with Crippen molar-refractivity contribution in [3.63, 3.8) is 0 Å². The van der Waals surface area contributed by atoms with Gasteiger partial charge in [0.05, 0.1) is 18.8 Å². The number of morpholine rings is 1. The quantitative estimate of drug-likeness (QED) is 0.814. The monoisotopic (exact) mass is 249 g/mol. The van der Waals surface area contributed by atoms with Gasteiger partial charge in [-0.25, -0.2) is 0 Å². The lowest BCUT2D eigenvalue weighted by atomic mass is 10.1. The maximum atomic E-state index is 5.91. The van der Waals surface area contributed by atoms with Crippen LogP contribution in [0.25, 0.3) is 0 Å². The summed E-state index contributed by atoms with van der Waals surface area (Å²) in [5.41, 5.74) is 1.22. The summed E-state index contributed by atoms with van der Waals surface area (Å²) < 4.78 is 11.6. The van der Waals surface area contributed by atoms with Gasteiger partial charge >= 0.3 is 0 Å². The fraction of sp³-hybridized carbons (Fsp3) is 0.600. The molecular formula is C15H23NO2. The third-order valence-electron chi connectivity index (χ3n) is 3.18. The molecule has 1 aliphatic rings. The first-order chi connectivity index (χ1) is 8.79. The third-order valence-corrected chi connectivity index (χ3v) is 3.18. The van der Waals surface area contributed by atoms with E-state index in [1.54, 1.807) is 0 Å². The van der Waals surface area contributed by atoms with Crippen LogP contribution in [0.1, 0.15) is 38.4 Å². The van der Waals surface area contributed by atoms with Crippen molar-refractivity contribution >= 4 is 0 Å². The zero-order valence-electron chi connectivity index (χ0n) is 11.3. The molecule has 100 valence electrons. The van der Waals surface area contributed by atoms with Crippen molar-refractivity contribution in [3.05, 3.63) is 29.8 Å². The highest BCUT2D eigenvalue weighted by atomic mass is 16.5. The van der Waals surface area contributed by atoms with E-state index in [9.17, 15) is 0 Å². The summed E-state index contributed by atoms with van der Waals surface area (Å²) in [6.45, 7) is 6.89. The maximum Gasteiger partial charge on any atom is 0.119 e. The Morgan fingerprint density at radius 1 is 1.28 bits per heavy atom. The molecule has 3 heteroatoms. The first-order valence-electron chi connectivity index (χ1n) is 6.88. The molecule has 2 atom stereocenters. The normalized spacial score (nSPS) is 23.9. The molecule has 18 heavy (non-hydrogen) atoms. The van der Waals surface area contributed by atoms with E-state index < -0.39 is 0 Å². The Hall–Kier alpha value is -1.06. The Morgan fingerprint density at radius 3 is 2.72 bits per heavy atom. The highest BCUT2D eigenvalue weighted by Gasteiger charge is 2.20. The molecule has 3 nitrogen and oxygen atoms in total. The summed E-state index contributed by atoms with van der Waals surface area (Å²) in [4.78, 5) is 0. The van der Waals surface area contributed by atoms with E-state index in [0.717, 1.165) is 38.3 Å². The van der Waals surface area contributed by atoms with Crippen molar-refractivity contribution in [1.82, 2.24) is 5.32 Å². The van der Waals surface area contributed by atoms with Crippen molar-refractivity contribution in [2.75, 3.05) is 19.7 Å². The maximum absolute atomic E-state index is 5.91. The molecule has 1 aliphatic heterocycles. The van der Waals surface area contributed by atoms with Gasteiger partial charge in [0.25, 0.3) is 0 Å². The Morgan fingerprint density at radius 2 is 2.06 bits per heavy atom. The van der Waals surface area contributed by atoms with Crippen molar-refractivity contribution in [1.29, 1.82) is 0 Å². The first-order valence-corrected chi connectivity index (χ1v) is 6.88. The van der Waals surface area contributed by atoms with Gasteiger partial charge < -0.3 is 14.8 Å². The molecule has 1 N–H and O–H groups in total. The van der Waals surface area contributed by atoms with E-state index >= 15 is 0 Å². The second-order valence-electron chi connectivity index (χ2n) is 4.86. The van der Waals surface area contributed by atoms with Crippen LogP contribution in [0.2, 0.25) is 0 Å². The fourth-order valence-corrected chi connectivity index (χ4v) is 2.10. The van der Waals surface area contributed by atoms with Gasteiger partial charge in [-0.2, -0.15) is 0 Å². The first kappa shape index (κ1) is 13.4. The second kappa shape index (κ2) is 6.76. The molecule has 2 rings (SSSR count). The molecule has 2 unspecified atom stereocenters. The summed E-state index contributed by atoms with van der Waals surface area (Å²) in [6.07, 6.45) is 2.72. The van der Waals surface area contributed by atoms with E-state index in [-0.39, 0.29) is 12.2 Å². The summed E-state index contributed by atoms with van der Waals surface area (Å²) in [6, 6.07) is 8.28. The summed E-state index contributed by atoms with van der Waals surface area (Å²) in [5.74, 6) is 0.948. The molecule has 0 aromatic heterocycles. The highest BCUT2D eigenvalue weighted by molar-refractivity contribution is 5.29. The van der Waals surface area contributed by atoms with Gasteiger partial charge in [-0.15, -0.1) is 0 Å². The number of benzene rings is 1. The number of hydrogen-bond acceptors (Lipinski definition) is 3. The number of nitrogens with one attached hydrogen (secondary N) is 1. The lowest BCUT2D eigenvalue weighted by molar-refractivity contribution is -0.0287. The van der Waals surface area contributed by atoms with Crippen LogP contribution >= 0.6 is 0 Å². The fourth-order valence-electron chi connectivity index (χ4n) is 2.10. The van der Waals surface area contributed by atoms with Crippen molar-refractivity contribution in [2.45, 2.75) is 38.9 Å². The van der Waals surface area contributed by atoms with Crippen molar-refractivity contribution < 1.29 is 9.47 Å². The van der Waals surface area contributed by atoms with Gasteiger partial charge in [0.1, 0.15) is 5.75 Å². The van der Waals surface area contributed by atoms with Gasteiger partial charge in [0.2, 0.25) is 0 Å². The van der Waals surface area contributed by atoms with E-state index in [4.69, 9.17) is 9.47 Å². The molecule has 0 aliphatic carbocycles. The van der Waals surface area contributed by atoms with Gasteiger partial charge in [-0.1, -0.05) is 25.5 Å². The van der Waals surface area contributed by atoms with Crippen LogP contribution in [-0.4, -0.2) is 25.8 Å². The SMILES string of the molecule is CCCCOc1ccc(C2CNCC(C)O2)cc1. The minimum atomic E-state index is 0.165. The highest BCUT2D eigenvalue weighted by Crippen LogP contribution is 2.23. The Kier molecular flexibility index (Phi) is 5.02. The van der Waals surface area contributed by atoms with E-state index in [1.165, 1.54) is 5.56 Å². The van der Waals surface area contributed by atoms with Gasteiger partial charge in [0.15, 0.2) is 0 Å². The lowest BCUT2D eigenvalue weighted by Crippen LogP contribution is -2.38. The van der Waals surface area contributed by atoms with E-state index in [0.29, 0.717) is 0 Å². The number of unbranched alkanes of at least 4 members (excludes halogenated alkanes) is 1. The van der Waals surface area contributed by atoms with Crippen LogP contribution in [0, 0.1) is 0 Å². The van der Waals surface area contributed by atoms with Gasteiger partial charge in [0, 0.05) is 13.1 Å². The van der Waals surface area contributed by atoms with E-state index in [2.05, 4.69) is 31.3 Å². The third kappa shape index (κ3) is 3.72. The number of rotatable bonds is 5. The zero-order valence-corrected chi connectivity index (χ0v) is 11.3. The zero-order chi connectivity index (χ0) is 12.8. The predicted octanol–water partition coefficient (Wildman–Crippen LogP) is 2.91. The van der Waals surface area contributed by atoms with Gasteiger partial charge in [-0.05, 0) is 31.0 Å². The molecule has 1 saturated heterocycles. The largest absolute Gasteiger partial charge is 0.494 e. The smallest absolute Gasteiger partial charge is 0.119 e. The molecule has 0 radical (unpaired) electrons. The van der Waals surface area contributed by atoms with Crippen molar-refractivity contribution in [3.8, 4) is 5.75 Å². The number of hydrogen-bond donors (Lipinski definition) is 1. The number of ether oxygens (including phenoxy) is 2.